The van der Waals surface area contributed by atoms with Gasteiger partial charge in [0.25, 0.3) is 40.5 Å². The lowest BCUT2D eigenvalue weighted by Gasteiger charge is -2.13. The molecule has 0 amide bonds. The van der Waals surface area contributed by atoms with Gasteiger partial charge in [-0.2, -0.15) is 38.8 Å². The van der Waals surface area contributed by atoms with E-state index in [9.17, 15) is 57.0 Å². The largest absolute Gasteiger partial charge is 0.505 e. The quantitative estimate of drug-likeness (QED) is 0.0795. The highest BCUT2D eigenvalue weighted by Crippen LogP contribution is 2.46. The predicted molar refractivity (Wildman–Crippen MR) is 162 cm³/mol. The van der Waals surface area contributed by atoms with Crippen LogP contribution in [0.1, 0.15) is 5.56 Å². The molecule has 47 heavy (non-hydrogen) atoms. The molecular formula is C24H21N5O14S4. The molecule has 0 radical (unpaired) electrons. The fraction of sp³-hybridized carbons (Fsp3) is 0.0833. The number of aromatic hydroxyl groups is 1. The minimum Gasteiger partial charge on any atom is -0.505 e. The highest BCUT2D eigenvalue weighted by molar-refractivity contribution is 7.87. The Labute approximate surface area is 266 Å². The van der Waals surface area contributed by atoms with E-state index < -0.39 is 88.0 Å². The normalized spacial score (nSPS) is 13.1. The first-order chi connectivity index (χ1) is 21.5. The lowest BCUT2D eigenvalue weighted by molar-refractivity contribution is 0.416. The van der Waals surface area contributed by atoms with Crippen LogP contribution in [0.15, 0.2) is 88.6 Å². The van der Waals surface area contributed by atoms with Gasteiger partial charge in [-0.3, -0.25) is 18.2 Å². The highest BCUT2D eigenvalue weighted by atomic mass is 32.2. The zero-order valence-electron chi connectivity index (χ0n) is 23.5. The lowest BCUT2D eigenvalue weighted by atomic mass is 10.1. The van der Waals surface area contributed by atoms with E-state index in [1.165, 1.54) is 26.2 Å². The number of phenols is 1. The van der Waals surface area contributed by atoms with Crippen LogP contribution in [0.4, 0.5) is 28.4 Å². The van der Waals surface area contributed by atoms with E-state index in [0.717, 1.165) is 12.1 Å². The molecule has 0 aliphatic rings. The Bertz CT molecular complexity index is 2480. The topological polar surface area (TPSA) is 322 Å². The number of anilines is 1. The molecule has 0 heterocycles. The van der Waals surface area contributed by atoms with Crippen molar-refractivity contribution in [3.63, 3.8) is 0 Å². The van der Waals surface area contributed by atoms with E-state index >= 15 is 0 Å². The minimum absolute atomic E-state index is 0.0305. The average Bonchev–Trinajstić information content (AvgIpc) is 2.93. The molecule has 0 saturated heterocycles. The van der Waals surface area contributed by atoms with Gasteiger partial charge in [0.2, 0.25) is 0 Å². The number of aryl methyl sites for hydroxylation is 1. The maximum atomic E-state index is 12.2. The average molecular weight is 732 g/mol. The van der Waals surface area contributed by atoms with E-state index in [4.69, 9.17) is 10.5 Å². The van der Waals surface area contributed by atoms with Crippen LogP contribution < -0.4 is 10.5 Å². The van der Waals surface area contributed by atoms with Gasteiger partial charge in [-0.05, 0) is 55.0 Å². The van der Waals surface area contributed by atoms with Crippen molar-refractivity contribution in [1.29, 1.82) is 0 Å². The van der Waals surface area contributed by atoms with Gasteiger partial charge >= 0.3 is 0 Å². The molecule has 0 aromatic heterocycles. The Morgan fingerprint density at radius 1 is 0.638 bits per heavy atom. The van der Waals surface area contributed by atoms with Crippen molar-refractivity contribution in [3.05, 3.63) is 54.1 Å². The van der Waals surface area contributed by atoms with Gasteiger partial charge in [0.15, 0.2) is 5.75 Å². The molecule has 4 aromatic rings. The fourth-order valence-corrected chi connectivity index (χ4v) is 6.59. The molecule has 4 rings (SSSR count). The number of nitrogens with two attached hydrogens (primary N) is 1. The second-order valence-corrected chi connectivity index (χ2v) is 15.0. The summed E-state index contributed by atoms with van der Waals surface area (Å²) in [5.74, 6) is -1.15. The zero-order valence-corrected chi connectivity index (χ0v) is 26.8. The van der Waals surface area contributed by atoms with Crippen molar-refractivity contribution in [3.8, 4) is 11.5 Å². The van der Waals surface area contributed by atoms with Crippen molar-refractivity contribution in [1.82, 2.24) is 0 Å². The molecule has 0 saturated carbocycles. The van der Waals surface area contributed by atoms with Crippen molar-refractivity contribution < 1.29 is 61.7 Å². The number of azo groups is 2. The van der Waals surface area contributed by atoms with Crippen molar-refractivity contribution in [2.75, 3.05) is 12.8 Å². The van der Waals surface area contributed by atoms with E-state index in [-0.39, 0.29) is 28.4 Å². The van der Waals surface area contributed by atoms with Crippen LogP contribution in [0, 0.1) is 6.92 Å². The number of hydrogen-bond donors (Lipinski definition) is 6. The molecule has 0 aliphatic heterocycles. The number of benzene rings is 4. The molecule has 7 N–H and O–H groups in total. The summed E-state index contributed by atoms with van der Waals surface area (Å²) in [6.45, 7) is 1.44. The predicted octanol–water partition coefficient (Wildman–Crippen LogP) is 4.26. The Morgan fingerprint density at radius 3 is 1.74 bits per heavy atom. The molecule has 23 heteroatoms. The third-order valence-corrected chi connectivity index (χ3v) is 9.82. The molecule has 4 aromatic carbocycles. The molecule has 19 nitrogen and oxygen atoms in total. The SMILES string of the molecule is COc1cc(N=Nc2cc(S(=O)(=O)O)ccc2S(=O)(=O)O)c(C)cc1N=Nc1c(S(=O)(=O)O)cc2c(S(=O)(=O)O)ccc(N)c2c1O. The van der Waals surface area contributed by atoms with Gasteiger partial charge in [-0.25, -0.2) is 0 Å². The first kappa shape index (κ1) is 35.2. The van der Waals surface area contributed by atoms with Gasteiger partial charge in [0.05, 0.1) is 23.1 Å². The van der Waals surface area contributed by atoms with E-state index in [0.29, 0.717) is 24.3 Å². The molecule has 250 valence electrons. The summed E-state index contributed by atoms with van der Waals surface area (Å²) in [4.78, 5) is -3.52. The first-order valence-corrected chi connectivity index (χ1v) is 17.9. The van der Waals surface area contributed by atoms with E-state index in [1.807, 2.05) is 0 Å². The molecular weight excluding hydrogens is 711 g/mol. The number of rotatable bonds is 9. The minimum atomic E-state index is -5.22. The molecule has 0 atom stereocenters. The van der Waals surface area contributed by atoms with Crippen molar-refractivity contribution >= 4 is 79.7 Å². The Balaban J connectivity index is 1.87. The number of phenolic OH excluding ortho intramolecular Hbond substituents is 1. The Hall–Kier alpha value is -4.62. The monoisotopic (exact) mass is 731 g/mol. The standard InChI is InChI=1S/C24H21N5O14S4/c1-11-7-16(18(43-2)10-15(11)26-28-17-8-12(44(31,32)33)3-5-20(17)46(37,38)39)27-29-23-21(47(40,41)42)9-13-19(45(34,35)36)6-4-14(25)22(13)24(23)30/h3-10,30H,25H2,1-2H3,(H,31,32,33)(H,34,35,36)(H,37,38,39)(H,40,41,42). The summed E-state index contributed by atoms with van der Waals surface area (Å²) in [6, 6.07) is 6.96. The number of nitrogen functional groups attached to an aromatic ring is 1. The Morgan fingerprint density at radius 2 is 1.19 bits per heavy atom. The third-order valence-electron chi connectivity index (χ3n) is 6.29. The number of fused-ring (bicyclic) bond motifs is 1. The summed E-state index contributed by atoms with van der Waals surface area (Å²) in [5.41, 5.74) is 4.13. The molecule has 0 unspecified atom stereocenters. The maximum Gasteiger partial charge on any atom is 0.296 e. The van der Waals surface area contributed by atoms with Gasteiger partial charge in [-0.1, -0.05) is 0 Å². The molecule has 0 bridgehead atoms. The molecule has 0 spiro atoms. The highest BCUT2D eigenvalue weighted by Gasteiger charge is 2.27. The number of nitrogens with zero attached hydrogens (tertiary/aromatic N) is 4. The van der Waals surface area contributed by atoms with Crippen LogP contribution in [0.5, 0.6) is 11.5 Å². The van der Waals surface area contributed by atoms with Crippen LogP contribution in [0.2, 0.25) is 0 Å². The first-order valence-electron chi connectivity index (χ1n) is 12.2. The zero-order chi connectivity index (χ0) is 35.3. The van der Waals surface area contributed by atoms with Gasteiger partial charge in [-0.15, -0.1) is 15.3 Å². The number of ether oxygens (including phenoxy) is 1. The fourth-order valence-electron chi connectivity index (χ4n) is 4.15. The Kier molecular flexibility index (Phi) is 9.14. The summed E-state index contributed by atoms with van der Waals surface area (Å²) >= 11 is 0. The summed E-state index contributed by atoms with van der Waals surface area (Å²) in [7, 11) is -18.7. The molecule has 0 fully saturated rings. The van der Waals surface area contributed by atoms with Crippen LogP contribution in [-0.4, -0.2) is 64.1 Å². The third kappa shape index (κ3) is 7.36. The lowest BCUT2D eigenvalue weighted by Crippen LogP contribution is -2.04. The van der Waals surface area contributed by atoms with Crippen LogP contribution >= 0.6 is 0 Å². The second-order valence-electron chi connectivity index (χ2n) is 9.39. The van der Waals surface area contributed by atoms with E-state index in [1.54, 1.807) is 0 Å². The smallest absolute Gasteiger partial charge is 0.296 e. The second kappa shape index (κ2) is 12.2. The molecule has 0 aliphatic carbocycles. The van der Waals surface area contributed by atoms with Crippen LogP contribution in [0.25, 0.3) is 10.8 Å². The van der Waals surface area contributed by atoms with Crippen molar-refractivity contribution in [2.24, 2.45) is 20.5 Å². The van der Waals surface area contributed by atoms with Crippen LogP contribution in [-0.2, 0) is 40.5 Å². The number of hydrogen-bond acceptors (Lipinski definition) is 15. The maximum absolute atomic E-state index is 12.2. The van der Waals surface area contributed by atoms with Gasteiger partial charge < -0.3 is 15.6 Å². The van der Waals surface area contributed by atoms with E-state index in [2.05, 4.69) is 20.5 Å². The summed E-state index contributed by atoms with van der Waals surface area (Å²) < 4.78 is 138. The van der Waals surface area contributed by atoms with Crippen molar-refractivity contribution in [2.45, 2.75) is 26.5 Å². The van der Waals surface area contributed by atoms with Gasteiger partial charge in [0, 0.05) is 17.1 Å². The summed E-state index contributed by atoms with van der Waals surface area (Å²) in [5, 5.41) is 25.1. The summed E-state index contributed by atoms with van der Waals surface area (Å²) in [6.07, 6.45) is 0. The number of methoxy groups -OCH3 is 1. The van der Waals surface area contributed by atoms with Crippen LogP contribution in [0.3, 0.4) is 0 Å². The van der Waals surface area contributed by atoms with Gasteiger partial charge in [0.1, 0.15) is 37.5 Å².